The minimum Gasteiger partial charge on any atom is -0.394 e. The lowest BCUT2D eigenvalue weighted by Gasteiger charge is -2.36. The van der Waals surface area contributed by atoms with Crippen LogP contribution in [0.15, 0.2) is 24.3 Å². The molecule has 2 unspecified atom stereocenters. The molecule has 0 saturated heterocycles. The van der Waals surface area contributed by atoms with E-state index in [-0.39, 0.29) is 35.5 Å². The van der Waals surface area contributed by atoms with E-state index >= 15 is 0 Å². The first kappa shape index (κ1) is 20.2. The van der Waals surface area contributed by atoms with Crippen molar-refractivity contribution in [2.75, 3.05) is 13.2 Å². The lowest BCUT2D eigenvalue weighted by atomic mass is 9.85. The Morgan fingerprint density at radius 2 is 0.900 bits per heavy atom. The molecule has 0 radical (unpaired) electrons. The summed E-state index contributed by atoms with van der Waals surface area (Å²) >= 11 is 0. The van der Waals surface area contributed by atoms with E-state index in [0.29, 0.717) is 23.6 Å². The summed E-state index contributed by atoms with van der Waals surface area (Å²) in [6, 6.07) is 4.64. The third-order valence-corrected chi connectivity index (χ3v) is 6.05. The van der Waals surface area contributed by atoms with Crippen LogP contribution in [0.25, 0.3) is 10.8 Å². The first-order chi connectivity index (χ1) is 14.4. The molecular weight excluding hydrogens is 388 g/mol. The lowest BCUT2D eigenvalue weighted by molar-refractivity contribution is 0.0447. The van der Waals surface area contributed by atoms with Gasteiger partial charge < -0.3 is 10.2 Å². The lowest BCUT2D eigenvalue weighted by Crippen LogP contribution is -2.50. The van der Waals surface area contributed by atoms with Crippen LogP contribution in [0, 0.1) is 0 Å². The molecule has 0 bridgehead atoms. The number of rotatable bonds is 6. The van der Waals surface area contributed by atoms with Crippen LogP contribution < -0.4 is 0 Å². The molecule has 4 rings (SSSR count). The molecule has 8 heteroatoms. The zero-order chi connectivity index (χ0) is 21.7. The number of imide groups is 2. The van der Waals surface area contributed by atoms with Gasteiger partial charge in [-0.2, -0.15) is 0 Å². The van der Waals surface area contributed by atoms with Gasteiger partial charge in [0.25, 0.3) is 23.6 Å². The Bertz CT molecular complexity index is 943. The summed E-state index contributed by atoms with van der Waals surface area (Å²) in [4.78, 5) is 54.5. The summed E-state index contributed by atoms with van der Waals surface area (Å²) in [6.07, 6.45) is 0.794. The standard InChI is InChI=1S/C22H22N2O6/c1-3-11(9-25)23-19(27)13-5-7-15-18-16(8-6-14(17(13)18)20(23)28)22(30)24(21(15)29)12(4-2)10-26/h5-8,11-12,25-26H,3-4,9-10H2,1-2H3. The molecule has 2 aliphatic rings. The molecular formula is C22H22N2O6. The number of nitrogens with zero attached hydrogens (tertiary/aromatic N) is 2. The molecule has 2 heterocycles. The van der Waals surface area contributed by atoms with Crippen molar-refractivity contribution in [2.24, 2.45) is 0 Å². The molecule has 0 saturated carbocycles. The van der Waals surface area contributed by atoms with Crippen LogP contribution in [0.4, 0.5) is 0 Å². The second kappa shape index (κ2) is 7.30. The Kier molecular flexibility index (Phi) is 4.91. The fourth-order valence-corrected chi connectivity index (χ4v) is 4.36. The summed E-state index contributed by atoms with van der Waals surface area (Å²) in [5.41, 5.74) is 0.890. The molecule has 0 fully saturated rings. The van der Waals surface area contributed by atoms with E-state index in [1.807, 2.05) is 0 Å². The minimum atomic E-state index is -0.658. The topological polar surface area (TPSA) is 115 Å². The van der Waals surface area contributed by atoms with E-state index in [1.165, 1.54) is 24.3 Å². The molecule has 0 aliphatic carbocycles. The quantitative estimate of drug-likeness (QED) is 0.699. The van der Waals surface area contributed by atoms with Gasteiger partial charge in [0.2, 0.25) is 0 Å². The highest BCUT2D eigenvalue weighted by Crippen LogP contribution is 2.39. The van der Waals surface area contributed by atoms with Crippen LogP contribution in [-0.2, 0) is 0 Å². The van der Waals surface area contributed by atoms with Gasteiger partial charge in [-0.25, -0.2) is 0 Å². The monoisotopic (exact) mass is 410 g/mol. The molecule has 2 N–H and O–H groups in total. The summed E-state index contributed by atoms with van der Waals surface area (Å²) in [5.74, 6) is -2.22. The fourth-order valence-electron chi connectivity index (χ4n) is 4.36. The third-order valence-electron chi connectivity index (χ3n) is 6.05. The number of carbonyl (C=O) groups is 4. The zero-order valence-corrected chi connectivity index (χ0v) is 16.7. The predicted molar refractivity (Wildman–Crippen MR) is 107 cm³/mol. The SMILES string of the molecule is CCC(CO)N1C(=O)c2ccc3c4c(ccc(c24)C1=O)C(=O)N(C(CC)CO)C3=O. The van der Waals surface area contributed by atoms with Crippen molar-refractivity contribution in [2.45, 2.75) is 38.8 Å². The highest BCUT2D eigenvalue weighted by atomic mass is 16.3. The van der Waals surface area contributed by atoms with Crippen molar-refractivity contribution in [3.05, 3.63) is 46.5 Å². The molecule has 30 heavy (non-hydrogen) atoms. The van der Waals surface area contributed by atoms with Gasteiger partial charge >= 0.3 is 0 Å². The number of aliphatic hydroxyl groups excluding tert-OH is 2. The van der Waals surface area contributed by atoms with E-state index in [9.17, 15) is 29.4 Å². The van der Waals surface area contributed by atoms with Crippen molar-refractivity contribution in [3.63, 3.8) is 0 Å². The number of amides is 4. The van der Waals surface area contributed by atoms with Gasteiger partial charge in [-0.05, 0) is 37.1 Å². The van der Waals surface area contributed by atoms with Crippen LogP contribution in [0.5, 0.6) is 0 Å². The minimum absolute atomic E-state index is 0.223. The van der Waals surface area contributed by atoms with Crippen molar-refractivity contribution in [3.8, 4) is 0 Å². The molecule has 8 nitrogen and oxygen atoms in total. The van der Waals surface area contributed by atoms with Crippen molar-refractivity contribution in [1.29, 1.82) is 0 Å². The largest absolute Gasteiger partial charge is 0.394 e. The molecule has 0 aromatic heterocycles. The Labute approximate surface area is 172 Å². The number of aliphatic hydroxyl groups is 2. The highest BCUT2D eigenvalue weighted by Gasteiger charge is 2.42. The second-order valence-electron chi connectivity index (χ2n) is 7.52. The van der Waals surface area contributed by atoms with Crippen LogP contribution in [0.2, 0.25) is 0 Å². The maximum atomic E-state index is 13.1. The normalized spacial score (nSPS) is 17.7. The van der Waals surface area contributed by atoms with Gasteiger partial charge in [-0.1, -0.05) is 13.8 Å². The molecule has 0 spiro atoms. The van der Waals surface area contributed by atoms with Gasteiger partial charge in [0.05, 0.1) is 25.3 Å². The Morgan fingerprint density at radius 1 is 0.633 bits per heavy atom. The van der Waals surface area contributed by atoms with Gasteiger partial charge in [-0.3, -0.25) is 29.0 Å². The van der Waals surface area contributed by atoms with Gasteiger partial charge in [0, 0.05) is 33.0 Å². The van der Waals surface area contributed by atoms with Crippen LogP contribution in [0.1, 0.15) is 68.1 Å². The number of benzene rings is 2. The molecule has 156 valence electrons. The third kappa shape index (κ3) is 2.54. The van der Waals surface area contributed by atoms with Gasteiger partial charge in [0.15, 0.2) is 0 Å². The summed E-state index contributed by atoms with van der Waals surface area (Å²) in [6.45, 7) is 2.84. The molecule has 2 aromatic rings. The summed E-state index contributed by atoms with van der Waals surface area (Å²) in [7, 11) is 0. The number of hydrogen-bond acceptors (Lipinski definition) is 6. The van der Waals surface area contributed by atoms with E-state index in [1.54, 1.807) is 13.8 Å². The van der Waals surface area contributed by atoms with Crippen molar-refractivity contribution < 1.29 is 29.4 Å². The van der Waals surface area contributed by atoms with E-state index in [0.717, 1.165) is 9.80 Å². The average Bonchev–Trinajstić information content (AvgIpc) is 2.76. The van der Waals surface area contributed by atoms with Crippen molar-refractivity contribution >= 4 is 34.4 Å². The second-order valence-corrected chi connectivity index (χ2v) is 7.52. The van der Waals surface area contributed by atoms with Crippen molar-refractivity contribution in [1.82, 2.24) is 9.80 Å². The Hall–Kier alpha value is -3.10. The van der Waals surface area contributed by atoms with E-state index < -0.39 is 35.7 Å². The first-order valence-electron chi connectivity index (χ1n) is 9.98. The predicted octanol–water partition coefficient (Wildman–Crippen LogP) is 1.57. The van der Waals surface area contributed by atoms with Crippen LogP contribution >= 0.6 is 0 Å². The van der Waals surface area contributed by atoms with Gasteiger partial charge in [-0.15, -0.1) is 0 Å². The average molecular weight is 410 g/mol. The Balaban J connectivity index is 1.97. The molecule has 2 atom stereocenters. The number of hydrogen-bond donors (Lipinski definition) is 2. The summed E-state index contributed by atoms with van der Waals surface area (Å²) < 4.78 is 0. The Morgan fingerprint density at radius 3 is 1.10 bits per heavy atom. The van der Waals surface area contributed by atoms with E-state index in [2.05, 4.69) is 0 Å². The van der Waals surface area contributed by atoms with Crippen LogP contribution in [-0.4, -0.2) is 68.9 Å². The highest BCUT2D eigenvalue weighted by molar-refractivity contribution is 6.33. The molecule has 2 aliphatic heterocycles. The first-order valence-corrected chi connectivity index (χ1v) is 9.98. The maximum Gasteiger partial charge on any atom is 0.261 e. The summed E-state index contributed by atoms with van der Waals surface area (Å²) in [5, 5.41) is 19.8. The van der Waals surface area contributed by atoms with Gasteiger partial charge in [0.1, 0.15) is 0 Å². The maximum absolute atomic E-state index is 13.1. The number of carbonyl (C=O) groups excluding carboxylic acids is 4. The fraction of sp³-hybridized carbons (Fsp3) is 0.364. The molecule has 4 amide bonds. The van der Waals surface area contributed by atoms with Crippen LogP contribution in [0.3, 0.4) is 0 Å². The van der Waals surface area contributed by atoms with E-state index in [4.69, 9.17) is 0 Å². The molecule has 2 aromatic carbocycles. The smallest absolute Gasteiger partial charge is 0.261 e. The zero-order valence-electron chi connectivity index (χ0n) is 16.7.